The van der Waals surface area contributed by atoms with Crippen molar-refractivity contribution in [3.8, 4) is 5.69 Å². The molecule has 0 aliphatic heterocycles. The molecule has 1 aromatic heterocycles. The van der Waals surface area contributed by atoms with Crippen LogP contribution < -0.4 is 10.6 Å². The number of hydrogen-bond donors (Lipinski definition) is 1. The fourth-order valence-corrected chi connectivity index (χ4v) is 3.18. The zero-order valence-electron chi connectivity index (χ0n) is 11.6. The number of halogens is 2. The van der Waals surface area contributed by atoms with Crippen molar-refractivity contribution in [2.24, 2.45) is 0 Å². The summed E-state index contributed by atoms with van der Waals surface area (Å²) >= 11 is 11.8. The highest BCUT2D eigenvalue weighted by atomic mass is 35.5. The largest absolute Gasteiger partial charge is 0.382 e. The van der Waals surface area contributed by atoms with Crippen molar-refractivity contribution in [2.45, 2.75) is 4.90 Å². The van der Waals surface area contributed by atoms with Crippen LogP contribution in [0.2, 0.25) is 10.0 Å². The number of nitrogen functional groups attached to an aromatic ring is 1. The number of benzene rings is 1. The number of anilines is 2. The van der Waals surface area contributed by atoms with Crippen molar-refractivity contribution in [1.29, 1.82) is 0 Å². The summed E-state index contributed by atoms with van der Waals surface area (Å²) in [6, 6.07) is 4.82. The van der Waals surface area contributed by atoms with Crippen LogP contribution in [0, 0.1) is 0 Å². The second-order valence-electron chi connectivity index (χ2n) is 4.71. The molecule has 2 rings (SSSR count). The van der Waals surface area contributed by atoms with E-state index in [-0.39, 0.29) is 16.5 Å². The fourth-order valence-electron chi connectivity index (χ4n) is 1.87. The first-order chi connectivity index (χ1) is 9.62. The minimum Gasteiger partial charge on any atom is -0.382 e. The maximum atomic E-state index is 11.9. The SMILES string of the molecule is CN(C)c1nn(-c2ccc(Cl)c(Cl)c2)c(N)c1S(C)(=O)=O. The smallest absolute Gasteiger partial charge is 0.182 e. The van der Waals surface area contributed by atoms with Crippen LogP contribution in [0.25, 0.3) is 5.69 Å². The van der Waals surface area contributed by atoms with E-state index in [2.05, 4.69) is 5.10 Å². The molecule has 0 saturated carbocycles. The van der Waals surface area contributed by atoms with Gasteiger partial charge in [0.05, 0.1) is 15.7 Å². The van der Waals surface area contributed by atoms with Gasteiger partial charge >= 0.3 is 0 Å². The topological polar surface area (TPSA) is 81.2 Å². The van der Waals surface area contributed by atoms with Crippen LogP contribution in [0.4, 0.5) is 11.6 Å². The Kier molecular flexibility index (Phi) is 4.10. The minimum absolute atomic E-state index is 0.0152. The van der Waals surface area contributed by atoms with Crippen LogP contribution >= 0.6 is 23.2 Å². The van der Waals surface area contributed by atoms with Crippen molar-refractivity contribution >= 4 is 44.7 Å². The molecule has 0 amide bonds. The first-order valence-corrected chi connectivity index (χ1v) is 8.49. The number of nitrogens with zero attached hydrogens (tertiary/aromatic N) is 3. The standard InChI is InChI=1S/C12H14Cl2N4O2S/c1-17(2)12-10(21(3,19)20)11(15)18(16-12)7-4-5-8(13)9(14)6-7/h4-6H,15H2,1-3H3. The first-order valence-electron chi connectivity index (χ1n) is 5.84. The molecule has 9 heteroatoms. The third kappa shape index (κ3) is 2.95. The van der Waals surface area contributed by atoms with Gasteiger partial charge in [-0.15, -0.1) is 5.10 Å². The van der Waals surface area contributed by atoms with Gasteiger partial charge in [0.1, 0.15) is 5.82 Å². The Hall–Kier alpha value is -1.44. The van der Waals surface area contributed by atoms with Crippen LogP contribution in [0.3, 0.4) is 0 Å². The monoisotopic (exact) mass is 348 g/mol. The third-order valence-corrected chi connectivity index (χ3v) is 4.67. The average Bonchev–Trinajstić information content (AvgIpc) is 2.70. The molecule has 2 aromatic rings. The molecule has 6 nitrogen and oxygen atoms in total. The van der Waals surface area contributed by atoms with Gasteiger partial charge in [0, 0.05) is 20.4 Å². The zero-order valence-corrected chi connectivity index (χ0v) is 14.0. The Morgan fingerprint density at radius 1 is 1.24 bits per heavy atom. The molecule has 0 saturated heterocycles. The Labute approximate surface area is 133 Å². The van der Waals surface area contributed by atoms with Crippen LogP contribution in [0.15, 0.2) is 23.1 Å². The minimum atomic E-state index is -3.52. The molecular weight excluding hydrogens is 335 g/mol. The van der Waals surface area contributed by atoms with E-state index in [0.29, 0.717) is 15.7 Å². The van der Waals surface area contributed by atoms with Crippen LogP contribution in [0.1, 0.15) is 0 Å². The van der Waals surface area contributed by atoms with Gasteiger partial charge in [-0.2, -0.15) is 0 Å². The lowest BCUT2D eigenvalue weighted by molar-refractivity contribution is 0.602. The highest BCUT2D eigenvalue weighted by Crippen LogP contribution is 2.32. The van der Waals surface area contributed by atoms with Gasteiger partial charge in [0.25, 0.3) is 0 Å². The molecular formula is C12H14Cl2N4O2S. The van der Waals surface area contributed by atoms with E-state index in [9.17, 15) is 8.42 Å². The second-order valence-corrected chi connectivity index (χ2v) is 7.48. The molecule has 21 heavy (non-hydrogen) atoms. The number of rotatable bonds is 3. The highest BCUT2D eigenvalue weighted by molar-refractivity contribution is 7.91. The summed E-state index contributed by atoms with van der Waals surface area (Å²) in [7, 11) is -0.143. The number of nitrogens with two attached hydrogens (primary N) is 1. The van der Waals surface area contributed by atoms with Gasteiger partial charge in [-0.05, 0) is 18.2 Å². The molecule has 1 heterocycles. The van der Waals surface area contributed by atoms with Crippen molar-refractivity contribution in [3.05, 3.63) is 28.2 Å². The quantitative estimate of drug-likeness (QED) is 0.919. The summed E-state index contributed by atoms with van der Waals surface area (Å²) in [4.78, 5) is 1.57. The summed E-state index contributed by atoms with van der Waals surface area (Å²) in [6.45, 7) is 0. The summed E-state index contributed by atoms with van der Waals surface area (Å²) in [5.74, 6) is 0.292. The van der Waals surface area contributed by atoms with Crippen molar-refractivity contribution in [3.63, 3.8) is 0 Å². The molecule has 0 bridgehead atoms. The summed E-state index contributed by atoms with van der Waals surface area (Å²) in [5, 5.41) is 4.97. The molecule has 2 N–H and O–H groups in total. The molecule has 0 unspecified atom stereocenters. The van der Waals surface area contributed by atoms with Gasteiger partial charge in [-0.3, -0.25) is 0 Å². The zero-order chi connectivity index (χ0) is 15.9. The lowest BCUT2D eigenvalue weighted by Gasteiger charge is -2.09. The lowest BCUT2D eigenvalue weighted by Crippen LogP contribution is -2.13. The maximum absolute atomic E-state index is 11.9. The Morgan fingerprint density at radius 2 is 1.86 bits per heavy atom. The molecule has 0 fully saturated rings. The van der Waals surface area contributed by atoms with E-state index < -0.39 is 9.84 Å². The average molecular weight is 349 g/mol. The van der Waals surface area contributed by atoms with Crippen molar-refractivity contribution in [2.75, 3.05) is 31.0 Å². The van der Waals surface area contributed by atoms with Gasteiger partial charge in [0.2, 0.25) is 0 Å². The van der Waals surface area contributed by atoms with E-state index >= 15 is 0 Å². The normalized spacial score (nSPS) is 11.7. The van der Waals surface area contributed by atoms with Crippen LogP contribution in [-0.2, 0) is 9.84 Å². The molecule has 0 aliphatic rings. The molecule has 0 spiro atoms. The van der Waals surface area contributed by atoms with Crippen molar-refractivity contribution < 1.29 is 8.42 Å². The second kappa shape index (κ2) is 5.40. The van der Waals surface area contributed by atoms with Crippen molar-refractivity contribution in [1.82, 2.24) is 9.78 Å². The summed E-state index contributed by atoms with van der Waals surface area (Å²) < 4.78 is 25.2. The summed E-state index contributed by atoms with van der Waals surface area (Å²) in [6.07, 6.45) is 1.09. The summed E-state index contributed by atoms with van der Waals surface area (Å²) in [5.41, 5.74) is 6.49. The highest BCUT2D eigenvalue weighted by Gasteiger charge is 2.26. The van der Waals surface area contributed by atoms with Crippen LogP contribution in [0.5, 0.6) is 0 Å². The molecule has 114 valence electrons. The predicted octanol–water partition coefficient (Wildman–Crippen LogP) is 2.23. The number of aromatic nitrogens is 2. The van der Waals surface area contributed by atoms with Gasteiger partial charge in [-0.1, -0.05) is 23.2 Å². The fraction of sp³-hybridized carbons (Fsp3) is 0.250. The van der Waals surface area contributed by atoms with E-state index in [1.165, 1.54) is 4.68 Å². The molecule has 0 aliphatic carbocycles. The van der Waals surface area contributed by atoms with E-state index in [1.807, 2.05) is 0 Å². The van der Waals surface area contributed by atoms with Crippen LogP contribution in [-0.4, -0.2) is 38.5 Å². The van der Waals surface area contributed by atoms with E-state index in [1.54, 1.807) is 37.2 Å². The Morgan fingerprint density at radius 3 is 2.29 bits per heavy atom. The maximum Gasteiger partial charge on any atom is 0.182 e. The first kappa shape index (κ1) is 15.9. The molecule has 0 atom stereocenters. The molecule has 1 aromatic carbocycles. The Bertz CT molecular complexity index is 800. The van der Waals surface area contributed by atoms with Gasteiger partial charge < -0.3 is 10.6 Å². The Balaban J connectivity index is 2.74. The third-order valence-electron chi connectivity index (χ3n) is 2.80. The van der Waals surface area contributed by atoms with Gasteiger partial charge in [0.15, 0.2) is 20.6 Å². The predicted molar refractivity (Wildman–Crippen MR) is 85.4 cm³/mol. The van der Waals surface area contributed by atoms with E-state index in [0.717, 1.165) is 6.26 Å². The lowest BCUT2D eigenvalue weighted by atomic mass is 10.3. The number of hydrogen-bond acceptors (Lipinski definition) is 5. The van der Waals surface area contributed by atoms with Gasteiger partial charge in [-0.25, -0.2) is 13.1 Å². The number of sulfone groups is 1. The molecule has 0 radical (unpaired) electrons. The van der Waals surface area contributed by atoms with E-state index in [4.69, 9.17) is 28.9 Å².